The van der Waals surface area contributed by atoms with Gasteiger partial charge in [0, 0.05) is 23.7 Å². The molecular weight excluding hydrogens is 242 g/mol. The lowest BCUT2D eigenvalue weighted by molar-refractivity contribution is 0.101. The Kier molecular flexibility index (Phi) is 4.20. The minimum atomic E-state index is 0.0227. The van der Waals surface area contributed by atoms with E-state index in [4.69, 9.17) is 5.11 Å². The second kappa shape index (κ2) is 6.06. The SMILES string of the molecule is CC(=O)c1cccc(-c2cc(NCCO)ncn2)c1. The number of nitrogens with zero attached hydrogens (tertiary/aromatic N) is 2. The van der Waals surface area contributed by atoms with Gasteiger partial charge in [0.2, 0.25) is 0 Å². The van der Waals surface area contributed by atoms with E-state index < -0.39 is 0 Å². The molecule has 19 heavy (non-hydrogen) atoms. The number of hydrogen-bond acceptors (Lipinski definition) is 5. The molecule has 0 amide bonds. The van der Waals surface area contributed by atoms with Crippen LogP contribution in [0, 0.1) is 0 Å². The number of ketones is 1. The molecule has 0 aliphatic rings. The highest BCUT2D eigenvalue weighted by atomic mass is 16.3. The topological polar surface area (TPSA) is 75.1 Å². The summed E-state index contributed by atoms with van der Waals surface area (Å²) in [5, 5.41) is 11.7. The molecule has 1 heterocycles. The molecule has 0 fully saturated rings. The summed E-state index contributed by atoms with van der Waals surface area (Å²) in [5.74, 6) is 0.668. The molecule has 0 unspecified atom stereocenters. The predicted molar refractivity (Wildman–Crippen MR) is 73.0 cm³/mol. The van der Waals surface area contributed by atoms with Crippen molar-refractivity contribution < 1.29 is 9.90 Å². The van der Waals surface area contributed by atoms with Crippen LogP contribution in [0.4, 0.5) is 5.82 Å². The zero-order valence-corrected chi connectivity index (χ0v) is 10.6. The third kappa shape index (κ3) is 3.35. The third-order valence-corrected chi connectivity index (χ3v) is 2.65. The van der Waals surface area contributed by atoms with Gasteiger partial charge in [-0.2, -0.15) is 0 Å². The van der Waals surface area contributed by atoms with Gasteiger partial charge in [0.15, 0.2) is 5.78 Å². The maximum atomic E-state index is 11.4. The van der Waals surface area contributed by atoms with Gasteiger partial charge in [0.05, 0.1) is 12.3 Å². The first-order valence-corrected chi connectivity index (χ1v) is 5.99. The van der Waals surface area contributed by atoms with Crippen LogP contribution in [0.25, 0.3) is 11.3 Å². The fourth-order valence-electron chi connectivity index (χ4n) is 1.69. The van der Waals surface area contributed by atoms with Gasteiger partial charge in [-0.3, -0.25) is 4.79 Å². The van der Waals surface area contributed by atoms with Crippen molar-refractivity contribution in [3.63, 3.8) is 0 Å². The average Bonchev–Trinajstić information content (AvgIpc) is 2.45. The van der Waals surface area contributed by atoms with E-state index in [0.717, 1.165) is 11.3 Å². The van der Waals surface area contributed by atoms with E-state index in [9.17, 15) is 4.79 Å². The number of aliphatic hydroxyl groups excluding tert-OH is 1. The Bertz CT molecular complexity index is 584. The number of carbonyl (C=O) groups excluding carboxylic acids is 1. The minimum Gasteiger partial charge on any atom is -0.395 e. The smallest absolute Gasteiger partial charge is 0.159 e. The number of hydrogen-bond donors (Lipinski definition) is 2. The highest BCUT2D eigenvalue weighted by Crippen LogP contribution is 2.20. The molecule has 98 valence electrons. The van der Waals surface area contributed by atoms with Crippen LogP contribution in [0.5, 0.6) is 0 Å². The summed E-state index contributed by atoms with van der Waals surface area (Å²) in [5.41, 5.74) is 2.25. The van der Waals surface area contributed by atoms with Gasteiger partial charge in [-0.15, -0.1) is 0 Å². The number of Topliss-reactive ketones (excluding diaryl/α,β-unsaturated/α-hetero) is 1. The molecule has 0 aliphatic carbocycles. The van der Waals surface area contributed by atoms with Gasteiger partial charge < -0.3 is 10.4 Å². The van der Waals surface area contributed by atoms with E-state index in [1.54, 1.807) is 18.2 Å². The molecule has 2 N–H and O–H groups in total. The first kappa shape index (κ1) is 13.2. The van der Waals surface area contributed by atoms with Gasteiger partial charge in [0.1, 0.15) is 12.1 Å². The average molecular weight is 257 g/mol. The largest absolute Gasteiger partial charge is 0.395 e. The molecule has 0 aliphatic heterocycles. The molecular formula is C14H15N3O2. The first-order chi connectivity index (χ1) is 9.20. The highest BCUT2D eigenvalue weighted by molar-refractivity contribution is 5.95. The normalized spacial score (nSPS) is 10.2. The Morgan fingerprint density at radius 1 is 1.32 bits per heavy atom. The Morgan fingerprint density at radius 3 is 2.89 bits per heavy atom. The van der Waals surface area contributed by atoms with Gasteiger partial charge >= 0.3 is 0 Å². The molecule has 0 saturated heterocycles. The Balaban J connectivity index is 2.30. The van der Waals surface area contributed by atoms with E-state index in [1.807, 2.05) is 12.1 Å². The standard InChI is InChI=1S/C14H15N3O2/c1-10(19)11-3-2-4-12(7-11)13-8-14(15-5-6-18)17-9-16-13/h2-4,7-9,18H,5-6H2,1H3,(H,15,16,17). The Hall–Kier alpha value is -2.27. The van der Waals surface area contributed by atoms with Gasteiger partial charge in [-0.05, 0) is 13.0 Å². The molecule has 5 nitrogen and oxygen atoms in total. The van der Waals surface area contributed by atoms with E-state index in [1.165, 1.54) is 13.3 Å². The van der Waals surface area contributed by atoms with Crippen molar-refractivity contribution in [1.29, 1.82) is 0 Å². The van der Waals surface area contributed by atoms with Crippen LogP contribution in [0.2, 0.25) is 0 Å². The molecule has 1 aromatic carbocycles. The predicted octanol–water partition coefficient (Wildman–Crippen LogP) is 1.75. The van der Waals surface area contributed by atoms with Crippen LogP contribution in [0.1, 0.15) is 17.3 Å². The quantitative estimate of drug-likeness (QED) is 0.798. The molecule has 0 bridgehead atoms. The lowest BCUT2D eigenvalue weighted by atomic mass is 10.1. The van der Waals surface area contributed by atoms with Crippen molar-refractivity contribution in [2.45, 2.75) is 6.92 Å². The fourth-order valence-corrected chi connectivity index (χ4v) is 1.69. The summed E-state index contributed by atoms with van der Waals surface area (Å²) < 4.78 is 0. The van der Waals surface area contributed by atoms with Gasteiger partial charge in [0.25, 0.3) is 0 Å². The minimum absolute atomic E-state index is 0.0227. The van der Waals surface area contributed by atoms with Crippen LogP contribution in [-0.4, -0.2) is 34.0 Å². The molecule has 0 saturated carbocycles. The molecule has 0 spiro atoms. The van der Waals surface area contributed by atoms with Gasteiger partial charge in [-0.1, -0.05) is 18.2 Å². The molecule has 1 aromatic heterocycles. The van der Waals surface area contributed by atoms with Crippen molar-refractivity contribution >= 4 is 11.6 Å². The molecule has 2 aromatic rings. The van der Waals surface area contributed by atoms with E-state index in [2.05, 4.69) is 15.3 Å². The second-order valence-corrected chi connectivity index (χ2v) is 4.08. The second-order valence-electron chi connectivity index (χ2n) is 4.08. The number of aliphatic hydroxyl groups is 1. The highest BCUT2D eigenvalue weighted by Gasteiger charge is 2.05. The number of anilines is 1. The summed E-state index contributed by atoms with van der Waals surface area (Å²) in [4.78, 5) is 19.6. The zero-order chi connectivity index (χ0) is 13.7. The number of rotatable bonds is 5. The van der Waals surface area contributed by atoms with E-state index in [0.29, 0.717) is 17.9 Å². The van der Waals surface area contributed by atoms with Crippen LogP contribution in [0.3, 0.4) is 0 Å². The van der Waals surface area contributed by atoms with Crippen LogP contribution in [-0.2, 0) is 0 Å². The summed E-state index contributed by atoms with van der Waals surface area (Å²) in [6, 6.07) is 9.09. The number of benzene rings is 1. The van der Waals surface area contributed by atoms with Crippen molar-refractivity contribution in [2.24, 2.45) is 0 Å². The summed E-state index contributed by atoms with van der Waals surface area (Å²) in [6.45, 7) is 2.01. The first-order valence-electron chi connectivity index (χ1n) is 5.99. The van der Waals surface area contributed by atoms with Crippen molar-refractivity contribution in [1.82, 2.24) is 9.97 Å². The summed E-state index contributed by atoms with van der Waals surface area (Å²) in [7, 11) is 0. The number of aromatic nitrogens is 2. The van der Waals surface area contributed by atoms with Crippen molar-refractivity contribution in [3.05, 3.63) is 42.2 Å². The fraction of sp³-hybridized carbons (Fsp3) is 0.214. The molecule has 2 rings (SSSR count). The lowest BCUT2D eigenvalue weighted by Crippen LogP contribution is -2.07. The Morgan fingerprint density at radius 2 is 2.16 bits per heavy atom. The molecule has 0 atom stereocenters. The van der Waals surface area contributed by atoms with Gasteiger partial charge in [-0.25, -0.2) is 9.97 Å². The zero-order valence-electron chi connectivity index (χ0n) is 10.6. The number of carbonyl (C=O) groups is 1. The van der Waals surface area contributed by atoms with E-state index >= 15 is 0 Å². The van der Waals surface area contributed by atoms with Crippen molar-refractivity contribution in [3.8, 4) is 11.3 Å². The number of nitrogens with one attached hydrogen (secondary N) is 1. The lowest BCUT2D eigenvalue weighted by Gasteiger charge is -2.06. The van der Waals surface area contributed by atoms with E-state index in [-0.39, 0.29) is 12.4 Å². The van der Waals surface area contributed by atoms with Crippen LogP contribution >= 0.6 is 0 Å². The van der Waals surface area contributed by atoms with Crippen molar-refractivity contribution in [2.75, 3.05) is 18.5 Å². The maximum absolute atomic E-state index is 11.4. The third-order valence-electron chi connectivity index (χ3n) is 2.65. The monoisotopic (exact) mass is 257 g/mol. The Labute approximate surface area is 111 Å². The summed E-state index contributed by atoms with van der Waals surface area (Å²) >= 11 is 0. The van der Waals surface area contributed by atoms with Crippen LogP contribution < -0.4 is 5.32 Å². The maximum Gasteiger partial charge on any atom is 0.159 e. The molecule has 5 heteroatoms. The van der Waals surface area contributed by atoms with Crippen LogP contribution in [0.15, 0.2) is 36.7 Å². The molecule has 0 radical (unpaired) electrons. The summed E-state index contributed by atoms with van der Waals surface area (Å²) in [6.07, 6.45) is 1.45.